The van der Waals surface area contributed by atoms with E-state index in [4.69, 9.17) is 16.3 Å². The molecule has 1 aliphatic heterocycles. The molecule has 2 heterocycles. The summed E-state index contributed by atoms with van der Waals surface area (Å²) < 4.78 is 33.6. The highest BCUT2D eigenvalue weighted by Crippen LogP contribution is 2.32. The van der Waals surface area contributed by atoms with Gasteiger partial charge in [0.25, 0.3) is 5.91 Å². The Morgan fingerprint density at radius 3 is 2.62 bits per heavy atom. The molecule has 0 unspecified atom stereocenters. The Hall–Kier alpha value is -2.68. The summed E-state index contributed by atoms with van der Waals surface area (Å²) in [5, 5.41) is 4.51. The predicted octanol–water partition coefficient (Wildman–Crippen LogP) is 4.71. The Morgan fingerprint density at radius 2 is 1.88 bits per heavy atom. The van der Waals surface area contributed by atoms with Crippen molar-refractivity contribution >= 4 is 44.0 Å². The number of hydrogen-bond donors (Lipinski definition) is 1. The molecule has 0 atom stereocenters. The van der Waals surface area contributed by atoms with E-state index in [1.165, 1.54) is 10.4 Å². The minimum Gasteiger partial charge on any atom is -0.492 e. The van der Waals surface area contributed by atoms with Gasteiger partial charge in [0.2, 0.25) is 10.0 Å². The van der Waals surface area contributed by atoms with Gasteiger partial charge in [0.05, 0.1) is 6.61 Å². The maximum atomic E-state index is 13.3. The second-order valence-electron chi connectivity index (χ2n) is 7.53. The van der Waals surface area contributed by atoms with Crippen molar-refractivity contribution in [2.45, 2.75) is 31.1 Å². The molecule has 9 heteroatoms. The van der Waals surface area contributed by atoms with Crippen molar-refractivity contribution in [2.75, 3.05) is 25.0 Å². The Kier molecular flexibility index (Phi) is 6.64. The molecule has 0 spiro atoms. The maximum absolute atomic E-state index is 13.3. The van der Waals surface area contributed by atoms with Crippen LogP contribution in [0.1, 0.15) is 36.7 Å². The van der Waals surface area contributed by atoms with Crippen LogP contribution in [0.4, 0.5) is 5.69 Å². The van der Waals surface area contributed by atoms with Crippen LogP contribution in [-0.2, 0) is 10.0 Å². The number of amides is 1. The molecule has 168 valence electrons. The van der Waals surface area contributed by atoms with Crippen molar-refractivity contribution in [1.82, 2.24) is 9.29 Å². The van der Waals surface area contributed by atoms with Crippen LogP contribution in [0.2, 0.25) is 5.15 Å². The summed E-state index contributed by atoms with van der Waals surface area (Å²) in [4.78, 5) is 17.1. The molecule has 4 rings (SSSR count). The number of rotatable bonds is 6. The van der Waals surface area contributed by atoms with Crippen LogP contribution in [0.25, 0.3) is 10.8 Å². The summed E-state index contributed by atoms with van der Waals surface area (Å²) in [6.45, 7) is 3.07. The van der Waals surface area contributed by atoms with Gasteiger partial charge < -0.3 is 10.1 Å². The minimum absolute atomic E-state index is 0.0450. The molecule has 2 aromatic carbocycles. The van der Waals surface area contributed by atoms with Crippen molar-refractivity contribution in [1.29, 1.82) is 0 Å². The summed E-state index contributed by atoms with van der Waals surface area (Å²) in [6, 6.07) is 13.6. The van der Waals surface area contributed by atoms with Gasteiger partial charge in [0, 0.05) is 24.2 Å². The molecule has 7 nitrogen and oxygen atoms in total. The predicted molar refractivity (Wildman–Crippen MR) is 125 cm³/mol. The molecule has 0 bridgehead atoms. The zero-order valence-corrected chi connectivity index (χ0v) is 19.2. The third kappa shape index (κ3) is 4.57. The number of carbonyl (C=O) groups excluding carboxylic acids is 1. The third-order valence-electron chi connectivity index (χ3n) is 5.36. The number of nitrogens with one attached hydrogen (secondary N) is 1. The normalized spacial score (nSPS) is 14.9. The van der Waals surface area contributed by atoms with Gasteiger partial charge in [-0.3, -0.25) is 4.79 Å². The fraction of sp³-hybridized carbons (Fsp3) is 0.304. The van der Waals surface area contributed by atoms with Gasteiger partial charge >= 0.3 is 0 Å². The number of benzene rings is 2. The van der Waals surface area contributed by atoms with Crippen LogP contribution in [0.15, 0.2) is 53.4 Å². The number of aromatic nitrogens is 1. The molecule has 3 aromatic rings. The Labute approximate surface area is 192 Å². The van der Waals surface area contributed by atoms with Crippen LogP contribution in [0.3, 0.4) is 0 Å². The van der Waals surface area contributed by atoms with Gasteiger partial charge in [0.15, 0.2) is 0 Å². The molecule has 1 fully saturated rings. The van der Waals surface area contributed by atoms with E-state index in [2.05, 4.69) is 10.3 Å². The van der Waals surface area contributed by atoms with Crippen molar-refractivity contribution < 1.29 is 17.9 Å². The molecule has 0 radical (unpaired) electrons. The lowest BCUT2D eigenvalue weighted by atomic mass is 10.1. The first-order valence-electron chi connectivity index (χ1n) is 10.5. The maximum Gasteiger partial charge on any atom is 0.274 e. The third-order valence-corrected chi connectivity index (χ3v) is 7.57. The van der Waals surface area contributed by atoms with Crippen LogP contribution < -0.4 is 10.1 Å². The standard InChI is InChI=1S/C23H24ClN3O4S/c1-2-31-20-11-10-17(15-21(20)32(29,30)27-12-6-3-7-13-27)25-23(28)19-14-16-8-4-5-9-18(16)22(24)26-19/h4-5,8-11,14-15H,2-3,6-7,12-13H2,1H3,(H,25,28). The number of piperidine rings is 1. The van der Waals surface area contributed by atoms with Crippen LogP contribution in [0.5, 0.6) is 5.75 Å². The number of nitrogens with zero attached hydrogens (tertiary/aromatic N) is 2. The molecular weight excluding hydrogens is 450 g/mol. The van der Waals surface area contributed by atoms with E-state index in [1.54, 1.807) is 25.1 Å². The van der Waals surface area contributed by atoms with Crippen molar-refractivity contribution in [3.05, 3.63) is 59.4 Å². The topological polar surface area (TPSA) is 88.6 Å². The summed E-state index contributed by atoms with van der Waals surface area (Å²) in [5.74, 6) is -0.217. The highest BCUT2D eigenvalue weighted by molar-refractivity contribution is 7.89. The molecule has 1 amide bonds. The van der Waals surface area contributed by atoms with E-state index in [-0.39, 0.29) is 21.5 Å². The average Bonchev–Trinajstić information content (AvgIpc) is 2.80. The lowest BCUT2D eigenvalue weighted by molar-refractivity contribution is 0.102. The number of pyridine rings is 1. The molecule has 1 saturated heterocycles. The van der Waals surface area contributed by atoms with E-state index in [9.17, 15) is 13.2 Å². The van der Waals surface area contributed by atoms with E-state index in [1.807, 2.05) is 24.3 Å². The molecule has 32 heavy (non-hydrogen) atoms. The number of sulfonamides is 1. The minimum atomic E-state index is -3.75. The van der Waals surface area contributed by atoms with Crippen molar-refractivity contribution in [3.63, 3.8) is 0 Å². The number of anilines is 1. The fourth-order valence-corrected chi connectivity index (χ4v) is 5.71. The average molecular weight is 474 g/mol. The Bertz CT molecular complexity index is 1260. The zero-order valence-electron chi connectivity index (χ0n) is 17.7. The largest absolute Gasteiger partial charge is 0.492 e. The van der Waals surface area contributed by atoms with E-state index >= 15 is 0 Å². The highest BCUT2D eigenvalue weighted by atomic mass is 35.5. The quantitative estimate of drug-likeness (QED) is 0.523. The number of hydrogen-bond acceptors (Lipinski definition) is 5. The van der Waals surface area contributed by atoms with Crippen LogP contribution in [0, 0.1) is 0 Å². The summed E-state index contributed by atoms with van der Waals surface area (Å²) >= 11 is 6.24. The first-order valence-corrected chi connectivity index (χ1v) is 12.4. The van der Waals surface area contributed by atoms with Gasteiger partial charge in [-0.25, -0.2) is 13.4 Å². The lowest BCUT2D eigenvalue weighted by Crippen LogP contribution is -2.35. The second-order valence-corrected chi connectivity index (χ2v) is 9.80. The number of fused-ring (bicyclic) bond motifs is 1. The van der Waals surface area contributed by atoms with Crippen LogP contribution in [-0.4, -0.2) is 43.3 Å². The van der Waals surface area contributed by atoms with E-state index < -0.39 is 15.9 Å². The summed E-state index contributed by atoms with van der Waals surface area (Å²) in [5.41, 5.74) is 0.475. The molecule has 1 N–H and O–H groups in total. The monoisotopic (exact) mass is 473 g/mol. The highest BCUT2D eigenvalue weighted by Gasteiger charge is 2.29. The number of ether oxygens (including phenoxy) is 1. The second kappa shape index (κ2) is 9.44. The zero-order chi connectivity index (χ0) is 22.7. The van der Waals surface area contributed by atoms with Gasteiger partial charge in [-0.1, -0.05) is 42.3 Å². The van der Waals surface area contributed by atoms with E-state index in [0.29, 0.717) is 25.4 Å². The molecule has 1 aromatic heterocycles. The Morgan fingerprint density at radius 1 is 1.12 bits per heavy atom. The van der Waals surface area contributed by atoms with E-state index in [0.717, 1.165) is 30.0 Å². The summed E-state index contributed by atoms with van der Waals surface area (Å²) in [6.07, 6.45) is 2.67. The lowest BCUT2D eigenvalue weighted by Gasteiger charge is -2.27. The van der Waals surface area contributed by atoms with Gasteiger partial charge in [-0.15, -0.1) is 0 Å². The smallest absolute Gasteiger partial charge is 0.274 e. The SMILES string of the molecule is CCOc1ccc(NC(=O)c2cc3ccccc3c(Cl)n2)cc1S(=O)(=O)N1CCCCC1. The first-order chi connectivity index (χ1) is 15.4. The van der Waals surface area contributed by atoms with Gasteiger partial charge in [0.1, 0.15) is 21.5 Å². The van der Waals surface area contributed by atoms with Gasteiger partial charge in [-0.05, 0) is 49.4 Å². The number of halogens is 1. The van der Waals surface area contributed by atoms with Crippen molar-refractivity contribution in [3.8, 4) is 5.75 Å². The Balaban J connectivity index is 1.66. The van der Waals surface area contributed by atoms with Crippen molar-refractivity contribution in [2.24, 2.45) is 0 Å². The molecule has 1 aliphatic rings. The van der Waals surface area contributed by atoms with Crippen LogP contribution >= 0.6 is 11.6 Å². The van der Waals surface area contributed by atoms with Gasteiger partial charge in [-0.2, -0.15) is 4.31 Å². The molecular formula is C23H24ClN3O4S. The first kappa shape index (κ1) is 22.5. The molecule has 0 aliphatic carbocycles. The fourth-order valence-electron chi connectivity index (χ4n) is 3.77. The summed E-state index contributed by atoms with van der Waals surface area (Å²) in [7, 11) is -3.75. The molecule has 0 saturated carbocycles. The number of carbonyl (C=O) groups is 1.